The van der Waals surface area contributed by atoms with Crippen LogP contribution in [0.15, 0.2) is 24.3 Å². The van der Waals surface area contributed by atoms with E-state index < -0.39 is 0 Å². The number of nitrogens with one attached hydrogen (secondary N) is 1. The molecule has 3 nitrogen and oxygen atoms in total. The van der Waals surface area contributed by atoms with Gasteiger partial charge in [-0.25, -0.2) is 0 Å². The van der Waals surface area contributed by atoms with Gasteiger partial charge in [-0.2, -0.15) is 0 Å². The molecule has 1 aromatic carbocycles. The number of rotatable bonds is 2. The molecule has 1 heterocycles. The fraction of sp³-hybridized carbons (Fsp3) is 0.154. The van der Waals surface area contributed by atoms with Crippen LogP contribution in [0.3, 0.4) is 0 Å². The van der Waals surface area contributed by atoms with Crippen molar-refractivity contribution in [2.75, 3.05) is 5.73 Å². The van der Waals surface area contributed by atoms with Crippen LogP contribution in [-0.4, -0.2) is 11.9 Å². The Morgan fingerprint density at radius 3 is 3.00 bits per heavy atom. The van der Waals surface area contributed by atoms with Crippen molar-refractivity contribution in [3.05, 3.63) is 29.1 Å². The minimum atomic E-state index is -0.266. The molecule has 2 rings (SSSR count). The van der Waals surface area contributed by atoms with Gasteiger partial charge in [0, 0.05) is 10.4 Å². The summed E-state index contributed by atoms with van der Waals surface area (Å²) in [7, 11) is 0. The Hall–Kier alpha value is -1.99. The molecule has 2 aromatic rings. The van der Waals surface area contributed by atoms with Gasteiger partial charge in [-0.3, -0.25) is 4.79 Å². The third-order valence-electron chi connectivity index (χ3n) is 2.36. The number of nitrogen functional groups attached to an aromatic ring is 1. The van der Waals surface area contributed by atoms with E-state index in [1.54, 1.807) is 6.92 Å². The average molecular weight is 244 g/mol. The quantitative estimate of drug-likeness (QED) is 0.628. The summed E-state index contributed by atoms with van der Waals surface area (Å²) in [6, 6.07) is 7.15. The van der Waals surface area contributed by atoms with Crippen molar-refractivity contribution in [2.24, 2.45) is 0 Å². The van der Waals surface area contributed by atoms with Crippen molar-refractivity contribution < 1.29 is 4.79 Å². The maximum atomic E-state index is 11.8. The van der Waals surface area contributed by atoms with Crippen LogP contribution in [0, 0.1) is 12.3 Å². The number of hydrogen-bond acceptors (Lipinski definition) is 3. The first-order valence-corrected chi connectivity index (χ1v) is 5.98. The van der Waals surface area contributed by atoms with E-state index in [0.29, 0.717) is 10.6 Å². The second-order valence-electron chi connectivity index (χ2n) is 3.77. The fourth-order valence-corrected chi connectivity index (χ4v) is 2.43. The molecular formula is C13H12N2OS. The lowest BCUT2D eigenvalue weighted by atomic mass is 10.2. The zero-order chi connectivity index (χ0) is 12.4. The second kappa shape index (κ2) is 4.48. The summed E-state index contributed by atoms with van der Waals surface area (Å²) in [5, 5.41) is 3.71. The maximum Gasteiger partial charge on any atom is 0.262 e. The van der Waals surface area contributed by atoms with Gasteiger partial charge in [0.1, 0.15) is 0 Å². The van der Waals surface area contributed by atoms with Crippen molar-refractivity contribution in [2.45, 2.75) is 13.0 Å². The molecule has 0 aliphatic carbocycles. The predicted molar refractivity (Wildman–Crippen MR) is 72.0 cm³/mol. The van der Waals surface area contributed by atoms with Crippen LogP contribution in [0.2, 0.25) is 0 Å². The Labute approximate surface area is 104 Å². The smallest absolute Gasteiger partial charge is 0.262 e. The number of amides is 1. The first kappa shape index (κ1) is 11.5. The lowest BCUT2D eigenvalue weighted by Crippen LogP contribution is -2.30. The third kappa shape index (κ3) is 2.40. The van der Waals surface area contributed by atoms with Crippen LogP contribution >= 0.6 is 11.3 Å². The summed E-state index contributed by atoms with van der Waals surface area (Å²) in [5.41, 5.74) is 6.38. The normalized spacial score (nSPS) is 12.0. The number of carbonyl (C=O) groups excluding carboxylic acids is 1. The van der Waals surface area contributed by atoms with Crippen molar-refractivity contribution in [3.8, 4) is 12.3 Å². The molecule has 0 saturated heterocycles. The van der Waals surface area contributed by atoms with Gasteiger partial charge in [0.25, 0.3) is 5.91 Å². The molecule has 86 valence electrons. The first-order valence-electron chi connectivity index (χ1n) is 5.16. The van der Waals surface area contributed by atoms with Gasteiger partial charge in [-0.15, -0.1) is 17.8 Å². The van der Waals surface area contributed by atoms with E-state index >= 15 is 0 Å². The van der Waals surface area contributed by atoms with Crippen LogP contribution in [0.25, 0.3) is 10.1 Å². The molecule has 1 amide bonds. The molecule has 0 aliphatic rings. The van der Waals surface area contributed by atoms with E-state index in [0.717, 1.165) is 10.1 Å². The highest BCUT2D eigenvalue weighted by Crippen LogP contribution is 2.27. The summed E-state index contributed by atoms with van der Waals surface area (Å²) >= 11 is 1.43. The molecular weight excluding hydrogens is 232 g/mol. The molecule has 0 fully saturated rings. The molecule has 0 saturated carbocycles. The van der Waals surface area contributed by atoms with Gasteiger partial charge < -0.3 is 11.1 Å². The minimum absolute atomic E-state index is 0.143. The summed E-state index contributed by atoms with van der Waals surface area (Å²) < 4.78 is 1.04. The Balaban J connectivity index is 2.31. The second-order valence-corrected chi connectivity index (χ2v) is 4.85. The van der Waals surface area contributed by atoms with E-state index in [2.05, 4.69) is 11.2 Å². The third-order valence-corrected chi connectivity index (χ3v) is 3.48. The molecule has 0 bridgehead atoms. The molecule has 4 heteroatoms. The highest BCUT2D eigenvalue weighted by Gasteiger charge is 2.11. The number of thiophene rings is 1. The molecule has 1 aromatic heterocycles. The van der Waals surface area contributed by atoms with E-state index in [4.69, 9.17) is 12.2 Å². The molecule has 1 atom stereocenters. The number of terminal acetylenes is 1. The molecule has 0 radical (unpaired) electrons. The number of nitrogens with two attached hydrogens (primary N) is 1. The standard InChI is InChI=1S/C13H12N2OS/c1-3-8(2)15-13(16)12-7-9-6-10(14)4-5-11(9)17-12/h1,4-8H,14H2,2H3,(H,15,16). The Kier molecular flexibility index (Phi) is 3.03. The summed E-state index contributed by atoms with van der Waals surface area (Å²) in [4.78, 5) is 12.5. The van der Waals surface area contributed by atoms with Crippen LogP contribution in [0.5, 0.6) is 0 Å². The van der Waals surface area contributed by atoms with Gasteiger partial charge in [0.2, 0.25) is 0 Å². The first-order chi connectivity index (χ1) is 8.10. The Bertz CT molecular complexity index is 609. The van der Waals surface area contributed by atoms with Crippen LogP contribution in [0.4, 0.5) is 5.69 Å². The van der Waals surface area contributed by atoms with Crippen LogP contribution < -0.4 is 11.1 Å². The Morgan fingerprint density at radius 1 is 1.53 bits per heavy atom. The summed E-state index contributed by atoms with van der Waals surface area (Å²) in [6.45, 7) is 1.77. The number of fused-ring (bicyclic) bond motifs is 1. The van der Waals surface area contributed by atoms with E-state index in [9.17, 15) is 4.79 Å². The fourth-order valence-electron chi connectivity index (χ4n) is 1.48. The van der Waals surface area contributed by atoms with Gasteiger partial charge in [-0.05, 0) is 36.6 Å². The summed E-state index contributed by atoms with van der Waals surface area (Å²) in [5.74, 6) is 2.32. The monoisotopic (exact) mass is 244 g/mol. The maximum absolute atomic E-state index is 11.8. The molecule has 17 heavy (non-hydrogen) atoms. The van der Waals surface area contributed by atoms with Gasteiger partial charge in [-0.1, -0.05) is 5.92 Å². The largest absolute Gasteiger partial charge is 0.399 e. The van der Waals surface area contributed by atoms with Gasteiger partial charge >= 0.3 is 0 Å². The van der Waals surface area contributed by atoms with E-state index in [-0.39, 0.29) is 11.9 Å². The molecule has 1 unspecified atom stereocenters. The van der Waals surface area contributed by atoms with Crippen molar-refractivity contribution in [3.63, 3.8) is 0 Å². The van der Waals surface area contributed by atoms with Crippen molar-refractivity contribution in [1.82, 2.24) is 5.32 Å². The molecule has 0 spiro atoms. The minimum Gasteiger partial charge on any atom is -0.399 e. The lowest BCUT2D eigenvalue weighted by Gasteiger charge is -2.04. The zero-order valence-electron chi connectivity index (χ0n) is 9.36. The topological polar surface area (TPSA) is 55.1 Å². The molecule has 3 N–H and O–H groups in total. The van der Waals surface area contributed by atoms with E-state index in [1.165, 1.54) is 11.3 Å². The van der Waals surface area contributed by atoms with Gasteiger partial charge in [0.05, 0.1) is 10.9 Å². The van der Waals surface area contributed by atoms with Crippen molar-refractivity contribution >= 4 is 33.0 Å². The average Bonchev–Trinajstić information content (AvgIpc) is 2.71. The SMILES string of the molecule is C#CC(C)NC(=O)c1cc2cc(N)ccc2s1. The number of hydrogen-bond donors (Lipinski definition) is 2. The highest BCUT2D eigenvalue weighted by atomic mass is 32.1. The number of carbonyl (C=O) groups is 1. The predicted octanol–water partition coefficient (Wildman–Crippen LogP) is 2.24. The molecule has 0 aliphatic heterocycles. The lowest BCUT2D eigenvalue weighted by molar-refractivity contribution is 0.0952. The van der Waals surface area contributed by atoms with E-state index in [1.807, 2.05) is 24.3 Å². The Morgan fingerprint density at radius 2 is 2.29 bits per heavy atom. The van der Waals surface area contributed by atoms with Crippen molar-refractivity contribution in [1.29, 1.82) is 0 Å². The summed E-state index contributed by atoms with van der Waals surface area (Å²) in [6.07, 6.45) is 5.22. The van der Waals surface area contributed by atoms with Gasteiger partial charge in [0.15, 0.2) is 0 Å². The number of benzene rings is 1. The van der Waals surface area contributed by atoms with Crippen LogP contribution in [-0.2, 0) is 0 Å². The number of anilines is 1. The zero-order valence-corrected chi connectivity index (χ0v) is 10.2. The highest BCUT2D eigenvalue weighted by molar-refractivity contribution is 7.20. The van der Waals surface area contributed by atoms with Crippen LogP contribution in [0.1, 0.15) is 16.6 Å².